The molecule has 0 radical (unpaired) electrons. The summed E-state index contributed by atoms with van der Waals surface area (Å²) in [5, 5.41) is 0. The van der Waals surface area contributed by atoms with Crippen molar-refractivity contribution in [3.63, 3.8) is 0 Å². The minimum absolute atomic E-state index is 0.225. The minimum Gasteiger partial charge on any atom is -0.376 e. The van der Waals surface area contributed by atoms with Crippen molar-refractivity contribution in [3.8, 4) is 0 Å². The first-order valence-corrected chi connectivity index (χ1v) is 7.57. The first-order chi connectivity index (χ1) is 9.70. The molecule has 0 spiro atoms. The lowest BCUT2D eigenvalue weighted by atomic mass is 10.1. The Labute approximate surface area is 120 Å². The molecule has 1 amide bonds. The van der Waals surface area contributed by atoms with E-state index in [9.17, 15) is 4.79 Å². The van der Waals surface area contributed by atoms with Gasteiger partial charge in [-0.15, -0.1) is 0 Å². The summed E-state index contributed by atoms with van der Waals surface area (Å²) in [6.45, 7) is 7.19. The number of carbonyl (C=O) groups excluding carboxylic acids is 1. The molecule has 1 aliphatic rings. The van der Waals surface area contributed by atoms with Gasteiger partial charge in [0.25, 0.3) is 0 Å². The summed E-state index contributed by atoms with van der Waals surface area (Å²) >= 11 is 0. The van der Waals surface area contributed by atoms with Crippen LogP contribution in [0.3, 0.4) is 0 Å². The molecule has 0 N–H and O–H groups in total. The van der Waals surface area contributed by atoms with Crippen molar-refractivity contribution >= 4 is 5.91 Å². The molecule has 1 atom stereocenters. The van der Waals surface area contributed by atoms with Crippen molar-refractivity contribution in [1.82, 2.24) is 14.5 Å². The summed E-state index contributed by atoms with van der Waals surface area (Å²) in [6, 6.07) is 0. The number of aryl methyl sites for hydroxylation is 2. The lowest BCUT2D eigenvalue weighted by Crippen LogP contribution is -2.43. The highest BCUT2D eigenvalue weighted by atomic mass is 16.5. The summed E-state index contributed by atoms with van der Waals surface area (Å²) in [5.41, 5.74) is 0. The molecule has 0 saturated carbocycles. The van der Waals surface area contributed by atoms with E-state index in [4.69, 9.17) is 4.74 Å². The van der Waals surface area contributed by atoms with Crippen molar-refractivity contribution in [3.05, 3.63) is 18.2 Å². The lowest BCUT2D eigenvalue weighted by Gasteiger charge is -2.32. The molecule has 0 unspecified atom stereocenters. The Hall–Kier alpha value is -1.36. The predicted molar refractivity (Wildman–Crippen MR) is 77.4 cm³/mol. The number of amides is 1. The molecule has 1 aromatic heterocycles. The van der Waals surface area contributed by atoms with Gasteiger partial charge in [-0.1, -0.05) is 6.92 Å². The summed E-state index contributed by atoms with van der Waals surface area (Å²) in [4.78, 5) is 18.4. The van der Waals surface area contributed by atoms with Crippen LogP contribution in [0.15, 0.2) is 12.4 Å². The van der Waals surface area contributed by atoms with Gasteiger partial charge in [0.2, 0.25) is 5.91 Å². The van der Waals surface area contributed by atoms with E-state index in [0.717, 1.165) is 44.8 Å². The quantitative estimate of drug-likeness (QED) is 0.800. The van der Waals surface area contributed by atoms with Gasteiger partial charge in [0.15, 0.2) is 0 Å². The van der Waals surface area contributed by atoms with Gasteiger partial charge in [-0.05, 0) is 26.2 Å². The fraction of sp³-hybridized carbons (Fsp3) is 0.733. The van der Waals surface area contributed by atoms with Crippen LogP contribution in [0, 0.1) is 6.92 Å². The zero-order chi connectivity index (χ0) is 14.4. The zero-order valence-corrected chi connectivity index (χ0v) is 12.5. The number of rotatable bonds is 6. The normalized spacial score (nSPS) is 19.3. The molecule has 5 heteroatoms. The zero-order valence-electron chi connectivity index (χ0n) is 12.5. The van der Waals surface area contributed by atoms with Crippen LogP contribution in [-0.4, -0.2) is 46.2 Å². The largest absolute Gasteiger partial charge is 0.376 e. The predicted octanol–water partition coefficient (Wildman–Crippen LogP) is 2.00. The van der Waals surface area contributed by atoms with Crippen molar-refractivity contribution in [2.45, 2.75) is 52.2 Å². The topological polar surface area (TPSA) is 47.4 Å². The van der Waals surface area contributed by atoms with Crippen LogP contribution < -0.4 is 0 Å². The molecule has 0 bridgehead atoms. The molecular weight excluding hydrogens is 254 g/mol. The number of piperidine rings is 1. The van der Waals surface area contributed by atoms with Crippen molar-refractivity contribution in [2.75, 3.05) is 19.7 Å². The van der Waals surface area contributed by atoms with E-state index in [1.54, 1.807) is 6.20 Å². The highest BCUT2D eigenvalue weighted by molar-refractivity contribution is 5.76. The van der Waals surface area contributed by atoms with Crippen LogP contribution in [0.1, 0.15) is 38.4 Å². The monoisotopic (exact) mass is 279 g/mol. The van der Waals surface area contributed by atoms with Gasteiger partial charge in [-0.3, -0.25) is 4.79 Å². The highest BCUT2D eigenvalue weighted by Gasteiger charge is 2.23. The van der Waals surface area contributed by atoms with Crippen LogP contribution in [0.5, 0.6) is 0 Å². The van der Waals surface area contributed by atoms with E-state index in [-0.39, 0.29) is 12.0 Å². The first kappa shape index (κ1) is 15.0. The van der Waals surface area contributed by atoms with Gasteiger partial charge in [0.05, 0.1) is 6.10 Å². The molecule has 1 saturated heterocycles. The fourth-order valence-electron chi connectivity index (χ4n) is 2.60. The van der Waals surface area contributed by atoms with Crippen LogP contribution >= 0.6 is 0 Å². The number of hydrogen-bond acceptors (Lipinski definition) is 3. The highest BCUT2D eigenvalue weighted by Crippen LogP contribution is 2.15. The Morgan fingerprint density at radius 2 is 2.40 bits per heavy atom. The number of likely N-dealkylation sites (tertiary alicyclic amines) is 1. The summed E-state index contributed by atoms with van der Waals surface area (Å²) in [7, 11) is 0. The molecule has 5 nitrogen and oxygen atoms in total. The van der Waals surface area contributed by atoms with E-state index in [0.29, 0.717) is 13.0 Å². The Morgan fingerprint density at radius 1 is 1.55 bits per heavy atom. The Kier molecular flexibility index (Phi) is 5.59. The van der Waals surface area contributed by atoms with Gasteiger partial charge in [-0.25, -0.2) is 4.98 Å². The number of imidazole rings is 1. The SMILES string of the molecule is CCCO[C@@H]1CCCN(C(=O)CCn2ccnc2C)C1. The standard InChI is InChI=1S/C15H25N3O2/c1-3-11-20-14-5-4-8-18(12-14)15(19)6-9-17-10-7-16-13(17)2/h7,10,14H,3-6,8-9,11-12H2,1-2H3/t14-/m1/s1. The van der Waals surface area contributed by atoms with Crippen LogP contribution in [0.4, 0.5) is 0 Å². The average molecular weight is 279 g/mol. The molecule has 0 aliphatic carbocycles. The van der Waals surface area contributed by atoms with Gasteiger partial charge < -0.3 is 14.2 Å². The van der Waals surface area contributed by atoms with E-state index >= 15 is 0 Å². The molecule has 0 aromatic carbocycles. The fourth-order valence-corrected chi connectivity index (χ4v) is 2.60. The second-order valence-corrected chi connectivity index (χ2v) is 5.39. The third-order valence-corrected chi connectivity index (χ3v) is 3.78. The Morgan fingerprint density at radius 3 is 3.10 bits per heavy atom. The van der Waals surface area contributed by atoms with Crippen LogP contribution in [-0.2, 0) is 16.1 Å². The summed E-state index contributed by atoms with van der Waals surface area (Å²) in [5.74, 6) is 1.18. The van der Waals surface area contributed by atoms with E-state index < -0.39 is 0 Å². The van der Waals surface area contributed by atoms with E-state index in [1.165, 1.54) is 0 Å². The Balaban J connectivity index is 1.78. The summed E-state index contributed by atoms with van der Waals surface area (Å²) in [6.07, 6.45) is 7.61. The molecular formula is C15H25N3O2. The van der Waals surface area contributed by atoms with Gasteiger partial charge in [0.1, 0.15) is 5.82 Å². The molecule has 1 aliphatic heterocycles. The second kappa shape index (κ2) is 7.43. The van der Waals surface area contributed by atoms with Gasteiger partial charge in [-0.2, -0.15) is 0 Å². The Bertz CT molecular complexity index is 431. The van der Waals surface area contributed by atoms with Crippen LogP contribution in [0.2, 0.25) is 0 Å². The second-order valence-electron chi connectivity index (χ2n) is 5.39. The number of carbonyl (C=O) groups is 1. The molecule has 1 fully saturated rings. The minimum atomic E-state index is 0.225. The van der Waals surface area contributed by atoms with Gasteiger partial charge >= 0.3 is 0 Å². The average Bonchev–Trinajstić information content (AvgIpc) is 2.88. The third-order valence-electron chi connectivity index (χ3n) is 3.78. The van der Waals surface area contributed by atoms with E-state index in [2.05, 4.69) is 11.9 Å². The van der Waals surface area contributed by atoms with Crippen molar-refractivity contribution in [2.24, 2.45) is 0 Å². The van der Waals surface area contributed by atoms with E-state index in [1.807, 2.05) is 22.6 Å². The first-order valence-electron chi connectivity index (χ1n) is 7.57. The maximum Gasteiger partial charge on any atom is 0.224 e. The van der Waals surface area contributed by atoms with Gasteiger partial charge in [0, 0.05) is 45.1 Å². The number of nitrogens with zero attached hydrogens (tertiary/aromatic N) is 3. The summed E-state index contributed by atoms with van der Waals surface area (Å²) < 4.78 is 7.79. The number of aromatic nitrogens is 2. The maximum atomic E-state index is 12.3. The molecule has 2 rings (SSSR count). The lowest BCUT2D eigenvalue weighted by molar-refractivity contribution is -0.135. The van der Waals surface area contributed by atoms with Crippen LogP contribution in [0.25, 0.3) is 0 Å². The smallest absolute Gasteiger partial charge is 0.224 e. The van der Waals surface area contributed by atoms with Crippen molar-refractivity contribution < 1.29 is 9.53 Å². The maximum absolute atomic E-state index is 12.3. The number of hydrogen-bond donors (Lipinski definition) is 0. The molecule has 112 valence electrons. The molecule has 20 heavy (non-hydrogen) atoms. The molecule has 2 heterocycles. The molecule has 1 aromatic rings. The van der Waals surface area contributed by atoms with Crippen molar-refractivity contribution in [1.29, 1.82) is 0 Å². The number of ether oxygens (including phenoxy) is 1. The third kappa shape index (κ3) is 4.07.